The average Bonchev–Trinajstić information content (AvgIpc) is 3.14. The lowest BCUT2D eigenvalue weighted by atomic mass is 10.1. The van der Waals surface area contributed by atoms with Crippen LogP contribution in [0.2, 0.25) is 0 Å². The van der Waals surface area contributed by atoms with Crippen LogP contribution in [-0.4, -0.2) is 22.4 Å². The molecule has 1 fully saturated rings. The number of nitrogens with zero attached hydrogens (tertiary/aromatic N) is 2. The molecule has 4 heteroatoms. The van der Waals surface area contributed by atoms with Crippen LogP contribution >= 0.6 is 15.9 Å². The van der Waals surface area contributed by atoms with Crippen LogP contribution in [0.3, 0.4) is 0 Å². The van der Waals surface area contributed by atoms with Crippen molar-refractivity contribution in [2.75, 3.05) is 6.54 Å². The second-order valence-corrected chi connectivity index (χ2v) is 6.16. The van der Waals surface area contributed by atoms with Gasteiger partial charge in [0.15, 0.2) is 0 Å². The number of hydrogen-bond acceptors (Lipinski definition) is 2. The van der Waals surface area contributed by atoms with Crippen LogP contribution in [0.15, 0.2) is 4.47 Å². The first-order valence-corrected chi connectivity index (χ1v) is 7.92. The molecule has 0 radical (unpaired) electrons. The van der Waals surface area contributed by atoms with Gasteiger partial charge in [-0.15, -0.1) is 0 Å². The second-order valence-electron chi connectivity index (χ2n) is 5.37. The molecule has 1 aliphatic rings. The first-order valence-electron chi connectivity index (χ1n) is 7.13. The molecule has 1 aromatic rings. The predicted octanol–water partition coefficient (Wildman–Crippen LogP) is 3.16. The van der Waals surface area contributed by atoms with Crippen molar-refractivity contribution in [3.05, 3.63) is 15.9 Å². The largest absolute Gasteiger partial charge is 0.314 e. The maximum atomic E-state index is 4.66. The average molecular weight is 314 g/mol. The first kappa shape index (κ1) is 14.1. The molecule has 1 N–H and O–H groups in total. The van der Waals surface area contributed by atoms with Crippen molar-refractivity contribution in [1.29, 1.82) is 0 Å². The SMILES string of the molecule is CCc1nn(CC)c(CC(C)CNC2CC2)c1Br. The second kappa shape index (κ2) is 6.20. The van der Waals surface area contributed by atoms with Crippen LogP contribution in [0.25, 0.3) is 0 Å². The third kappa shape index (κ3) is 3.35. The summed E-state index contributed by atoms with van der Waals surface area (Å²) in [6, 6.07) is 0.804. The highest BCUT2D eigenvalue weighted by Gasteiger charge is 2.22. The lowest BCUT2D eigenvalue weighted by Crippen LogP contribution is -2.25. The summed E-state index contributed by atoms with van der Waals surface area (Å²) >= 11 is 3.72. The van der Waals surface area contributed by atoms with Gasteiger partial charge < -0.3 is 5.32 Å². The van der Waals surface area contributed by atoms with E-state index in [0.717, 1.165) is 32.0 Å². The van der Waals surface area contributed by atoms with Gasteiger partial charge in [0.2, 0.25) is 0 Å². The molecule has 0 aromatic carbocycles. The number of aromatic nitrogens is 2. The van der Waals surface area contributed by atoms with Gasteiger partial charge in [0, 0.05) is 12.6 Å². The molecule has 1 saturated carbocycles. The van der Waals surface area contributed by atoms with Crippen molar-refractivity contribution in [2.45, 2.75) is 59.0 Å². The summed E-state index contributed by atoms with van der Waals surface area (Å²) in [6.07, 6.45) is 4.82. The zero-order valence-electron chi connectivity index (χ0n) is 11.7. The lowest BCUT2D eigenvalue weighted by molar-refractivity contribution is 0.485. The van der Waals surface area contributed by atoms with Gasteiger partial charge in [-0.05, 0) is 61.0 Å². The molecule has 0 saturated heterocycles. The van der Waals surface area contributed by atoms with E-state index in [9.17, 15) is 0 Å². The molecule has 0 amide bonds. The molecule has 0 aliphatic heterocycles. The summed E-state index contributed by atoms with van der Waals surface area (Å²) in [6.45, 7) is 8.72. The molecule has 1 aromatic heterocycles. The summed E-state index contributed by atoms with van der Waals surface area (Å²) in [7, 11) is 0. The van der Waals surface area contributed by atoms with E-state index in [0.29, 0.717) is 5.92 Å². The minimum Gasteiger partial charge on any atom is -0.314 e. The van der Waals surface area contributed by atoms with Gasteiger partial charge >= 0.3 is 0 Å². The summed E-state index contributed by atoms with van der Waals surface area (Å²) in [5.74, 6) is 0.661. The van der Waals surface area contributed by atoms with Gasteiger partial charge in [-0.1, -0.05) is 13.8 Å². The van der Waals surface area contributed by atoms with Gasteiger partial charge in [0.05, 0.1) is 15.9 Å². The Kier molecular flexibility index (Phi) is 4.84. The number of rotatable bonds is 7. The van der Waals surface area contributed by atoms with Crippen molar-refractivity contribution < 1.29 is 0 Å². The Labute approximate surface area is 118 Å². The predicted molar refractivity (Wildman–Crippen MR) is 78.9 cm³/mol. The number of nitrogens with one attached hydrogen (secondary N) is 1. The van der Waals surface area contributed by atoms with Crippen molar-refractivity contribution >= 4 is 15.9 Å². The van der Waals surface area contributed by atoms with Gasteiger partial charge in [-0.2, -0.15) is 5.10 Å². The molecule has 0 spiro atoms. The molecule has 0 bridgehead atoms. The topological polar surface area (TPSA) is 29.9 Å². The molecule has 1 heterocycles. The van der Waals surface area contributed by atoms with Crippen molar-refractivity contribution in [1.82, 2.24) is 15.1 Å². The quantitative estimate of drug-likeness (QED) is 0.838. The van der Waals surface area contributed by atoms with Crippen molar-refractivity contribution in [3.8, 4) is 0 Å². The Morgan fingerprint density at radius 3 is 2.72 bits per heavy atom. The van der Waals surface area contributed by atoms with Crippen LogP contribution in [0, 0.1) is 5.92 Å². The minimum absolute atomic E-state index is 0.661. The molecule has 3 nitrogen and oxygen atoms in total. The zero-order valence-corrected chi connectivity index (χ0v) is 13.3. The normalized spacial score (nSPS) is 17.1. The molecular weight excluding hydrogens is 290 g/mol. The summed E-state index contributed by atoms with van der Waals surface area (Å²) in [5.41, 5.74) is 2.55. The van der Waals surface area contributed by atoms with E-state index in [-0.39, 0.29) is 0 Å². The smallest absolute Gasteiger partial charge is 0.0766 e. The molecular formula is C14H24BrN3. The Morgan fingerprint density at radius 1 is 1.44 bits per heavy atom. The summed E-state index contributed by atoms with van der Waals surface area (Å²) in [4.78, 5) is 0. The Balaban J connectivity index is 1.99. The standard InChI is InChI=1S/C14H24BrN3/c1-4-12-14(15)13(18(5-2)17-12)8-10(3)9-16-11-6-7-11/h10-11,16H,4-9H2,1-3H3. The first-order chi connectivity index (χ1) is 8.65. The van der Waals surface area contributed by atoms with Gasteiger partial charge in [0.1, 0.15) is 0 Å². The molecule has 1 aliphatic carbocycles. The van der Waals surface area contributed by atoms with Crippen molar-refractivity contribution in [3.63, 3.8) is 0 Å². The van der Waals surface area contributed by atoms with E-state index in [4.69, 9.17) is 0 Å². The number of aryl methyl sites for hydroxylation is 2. The Hall–Kier alpha value is -0.350. The van der Waals surface area contributed by atoms with E-state index in [1.807, 2.05) is 0 Å². The zero-order chi connectivity index (χ0) is 13.1. The third-order valence-electron chi connectivity index (χ3n) is 3.57. The molecule has 1 unspecified atom stereocenters. The molecule has 102 valence electrons. The molecule has 2 rings (SSSR count). The van der Waals surface area contributed by atoms with Crippen LogP contribution in [-0.2, 0) is 19.4 Å². The fourth-order valence-corrected chi connectivity index (χ4v) is 3.00. The van der Waals surface area contributed by atoms with Crippen LogP contribution in [0.5, 0.6) is 0 Å². The highest BCUT2D eigenvalue weighted by Crippen LogP contribution is 2.25. The maximum absolute atomic E-state index is 4.66. The van der Waals surface area contributed by atoms with E-state index >= 15 is 0 Å². The van der Waals surface area contributed by atoms with E-state index in [2.05, 4.69) is 51.8 Å². The highest BCUT2D eigenvalue weighted by molar-refractivity contribution is 9.10. The number of halogens is 1. The third-order valence-corrected chi connectivity index (χ3v) is 4.48. The highest BCUT2D eigenvalue weighted by atomic mass is 79.9. The fourth-order valence-electron chi connectivity index (χ4n) is 2.27. The Bertz CT molecular complexity index is 396. The van der Waals surface area contributed by atoms with Crippen LogP contribution in [0.4, 0.5) is 0 Å². The van der Waals surface area contributed by atoms with E-state index < -0.39 is 0 Å². The fraction of sp³-hybridized carbons (Fsp3) is 0.786. The molecule has 18 heavy (non-hydrogen) atoms. The lowest BCUT2D eigenvalue weighted by Gasteiger charge is -2.13. The summed E-state index contributed by atoms with van der Waals surface area (Å²) < 4.78 is 3.38. The molecule has 1 atom stereocenters. The minimum atomic E-state index is 0.661. The summed E-state index contributed by atoms with van der Waals surface area (Å²) in [5, 5.41) is 8.27. The van der Waals surface area contributed by atoms with Crippen LogP contribution in [0.1, 0.15) is 45.0 Å². The maximum Gasteiger partial charge on any atom is 0.0766 e. The van der Waals surface area contributed by atoms with Crippen LogP contribution < -0.4 is 5.32 Å². The van der Waals surface area contributed by atoms with Gasteiger partial charge in [0.25, 0.3) is 0 Å². The van der Waals surface area contributed by atoms with Crippen molar-refractivity contribution in [2.24, 2.45) is 5.92 Å². The van der Waals surface area contributed by atoms with E-state index in [1.54, 1.807) is 0 Å². The van der Waals surface area contributed by atoms with E-state index in [1.165, 1.54) is 28.7 Å². The van der Waals surface area contributed by atoms with Gasteiger partial charge in [-0.25, -0.2) is 0 Å². The Morgan fingerprint density at radius 2 is 2.17 bits per heavy atom. The van der Waals surface area contributed by atoms with Gasteiger partial charge in [-0.3, -0.25) is 4.68 Å². The number of hydrogen-bond donors (Lipinski definition) is 1. The monoisotopic (exact) mass is 313 g/mol.